The number of nitrogens with zero attached hydrogens (tertiary/aromatic N) is 3. The van der Waals surface area contributed by atoms with E-state index >= 15 is 0 Å². The summed E-state index contributed by atoms with van der Waals surface area (Å²) in [7, 11) is 0. The highest BCUT2D eigenvalue weighted by Crippen LogP contribution is 2.32. The molecule has 0 radical (unpaired) electrons. The fraction of sp³-hybridized carbons (Fsp3) is 0.588. The molecule has 2 aliphatic rings. The van der Waals surface area contributed by atoms with Crippen molar-refractivity contribution in [3.05, 3.63) is 33.6 Å². The highest BCUT2D eigenvalue weighted by molar-refractivity contribution is 5.79. The molecule has 0 aliphatic carbocycles. The van der Waals surface area contributed by atoms with Crippen LogP contribution in [0, 0.1) is 18.7 Å². The molecule has 4 heterocycles. The van der Waals surface area contributed by atoms with Crippen LogP contribution in [-0.2, 0) is 9.53 Å². The van der Waals surface area contributed by atoms with Crippen molar-refractivity contribution >= 4 is 11.6 Å². The molecule has 7 nitrogen and oxygen atoms in total. The molecule has 2 aromatic heterocycles. The second-order valence-electron chi connectivity index (χ2n) is 6.83. The molecular formula is C17H21FN4O3. The van der Waals surface area contributed by atoms with Crippen molar-refractivity contribution in [1.29, 1.82) is 0 Å². The number of nitrogens with one attached hydrogen (secondary N) is 1. The molecule has 0 saturated carbocycles. The van der Waals surface area contributed by atoms with E-state index in [2.05, 4.69) is 10.1 Å². The number of aryl methyl sites for hydroxylation is 1. The minimum Gasteiger partial charge on any atom is -0.381 e. The minimum absolute atomic E-state index is 0.0789. The van der Waals surface area contributed by atoms with Gasteiger partial charge in [0.15, 0.2) is 5.65 Å². The molecule has 1 N–H and O–H groups in total. The lowest BCUT2D eigenvalue weighted by molar-refractivity contribution is -0.139. The Labute approximate surface area is 143 Å². The fourth-order valence-electron chi connectivity index (χ4n) is 3.79. The van der Waals surface area contributed by atoms with Crippen molar-refractivity contribution < 1.29 is 13.9 Å². The Morgan fingerprint density at radius 1 is 1.40 bits per heavy atom. The van der Waals surface area contributed by atoms with Gasteiger partial charge in [0.25, 0.3) is 0 Å². The third kappa shape index (κ3) is 2.74. The van der Waals surface area contributed by atoms with Gasteiger partial charge in [0.2, 0.25) is 11.7 Å². The van der Waals surface area contributed by atoms with Crippen molar-refractivity contribution in [3.8, 4) is 0 Å². The lowest BCUT2D eigenvalue weighted by Crippen LogP contribution is -2.42. The Balaban J connectivity index is 1.71. The molecule has 2 aromatic rings. The van der Waals surface area contributed by atoms with Crippen LogP contribution >= 0.6 is 0 Å². The number of aromatic amines is 1. The van der Waals surface area contributed by atoms with Crippen LogP contribution in [0.3, 0.4) is 0 Å². The number of hydrogen-bond acceptors (Lipinski definition) is 4. The predicted octanol–water partition coefficient (Wildman–Crippen LogP) is 1.56. The van der Waals surface area contributed by atoms with Gasteiger partial charge in [-0.3, -0.25) is 14.7 Å². The number of halogens is 1. The van der Waals surface area contributed by atoms with Crippen LogP contribution in [-0.4, -0.2) is 45.2 Å². The quantitative estimate of drug-likeness (QED) is 0.893. The van der Waals surface area contributed by atoms with Gasteiger partial charge in [-0.15, -0.1) is 0 Å². The van der Waals surface area contributed by atoms with E-state index in [4.69, 9.17) is 4.74 Å². The second-order valence-corrected chi connectivity index (χ2v) is 6.83. The van der Waals surface area contributed by atoms with Gasteiger partial charge in [0, 0.05) is 19.2 Å². The number of likely N-dealkylation sites (tertiary alicyclic amines) is 1. The lowest BCUT2D eigenvalue weighted by atomic mass is 9.96. The van der Waals surface area contributed by atoms with Crippen LogP contribution in [0.15, 0.2) is 10.9 Å². The van der Waals surface area contributed by atoms with Gasteiger partial charge >= 0.3 is 5.56 Å². The third-order valence-electron chi connectivity index (χ3n) is 5.17. The molecule has 2 aliphatic heterocycles. The monoisotopic (exact) mass is 348 g/mol. The van der Waals surface area contributed by atoms with Gasteiger partial charge in [0.05, 0.1) is 30.0 Å². The first-order chi connectivity index (χ1) is 12.1. The van der Waals surface area contributed by atoms with E-state index in [9.17, 15) is 14.0 Å². The molecule has 2 atom stereocenters. The van der Waals surface area contributed by atoms with E-state index < -0.39 is 11.4 Å². The molecule has 0 aromatic carbocycles. The van der Waals surface area contributed by atoms with Crippen LogP contribution in [0.5, 0.6) is 0 Å². The standard InChI is InChI=1S/C17H21FN4O3/c1-10-15(18)17(24)22-14(19-10)8-12(20-22)13-4-2-3-6-21(13)16(23)11-5-7-25-9-11/h8,11,13,20H,2-7,9H2,1H3/t11-,13-/m0/s1. The lowest BCUT2D eigenvalue weighted by Gasteiger charge is -2.36. The number of carbonyl (C=O) groups excluding carboxylic acids is 1. The van der Waals surface area contributed by atoms with Crippen LogP contribution in [0.2, 0.25) is 0 Å². The van der Waals surface area contributed by atoms with E-state index in [1.54, 1.807) is 6.07 Å². The number of ether oxygens (including phenoxy) is 1. The van der Waals surface area contributed by atoms with Gasteiger partial charge in [-0.1, -0.05) is 0 Å². The first kappa shape index (κ1) is 16.3. The Bertz CT molecular complexity index is 869. The smallest absolute Gasteiger partial charge is 0.308 e. The molecule has 0 unspecified atom stereocenters. The van der Waals surface area contributed by atoms with Crippen LogP contribution < -0.4 is 5.56 Å². The first-order valence-electron chi connectivity index (χ1n) is 8.72. The number of H-pyrrole nitrogens is 1. The average molecular weight is 348 g/mol. The van der Waals surface area contributed by atoms with Gasteiger partial charge in [0.1, 0.15) is 0 Å². The summed E-state index contributed by atoms with van der Waals surface area (Å²) in [6, 6.07) is 1.60. The number of fused-ring (bicyclic) bond motifs is 1. The summed E-state index contributed by atoms with van der Waals surface area (Å²) in [5.41, 5.74) is 0.435. The first-order valence-corrected chi connectivity index (χ1v) is 8.72. The topological polar surface area (TPSA) is 79.7 Å². The molecule has 0 spiro atoms. The van der Waals surface area contributed by atoms with E-state index in [1.807, 2.05) is 4.90 Å². The van der Waals surface area contributed by atoms with Gasteiger partial charge in [-0.2, -0.15) is 8.91 Å². The van der Waals surface area contributed by atoms with Gasteiger partial charge in [-0.25, -0.2) is 4.98 Å². The number of aromatic nitrogens is 3. The normalized spacial score (nSPS) is 24.2. The fourth-order valence-corrected chi connectivity index (χ4v) is 3.79. The maximum absolute atomic E-state index is 13.8. The number of amides is 1. The maximum Gasteiger partial charge on any atom is 0.308 e. The predicted molar refractivity (Wildman–Crippen MR) is 87.7 cm³/mol. The van der Waals surface area contributed by atoms with E-state index in [-0.39, 0.29) is 23.6 Å². The average Bonchev–Trinajstić information content (AvgIpc) is 3.29. The zero-order valence-electron chi connectivity index (χ0n) is 14.1. The zero-order valence-corrected chi connectivity index (χ0v) is 14.1. The molecule has 2 saturated heterocycles. The Kier molecular flexibility index (Phi) is 4.07. The molecule has 2 fully saturated rings. The zero-order chi connectivity index (χ0) is 17.6. The maximum atomic E-state index is 13.8. The Morgan fingerprint density at radius 2 is 2.24 bits per heavy atom. The Morgan fingerprint density at radius 3 is 3.00 bits per heavy atom. The molecule has 0 bridgehead atoms. The summed E-state index contributed by atoms with van der Waals surface area (Å²) in [6.45, 7) is 3.25. The van der Waals surface area contributed by atoms with E-state index in [1.165, 1.54) is 6.92 Å². The second kappa shape index (κ2) is 6.25. The molecule has 25 heavy (non-hydrogen) atoms. The SMILES string of the molecule is Cc1nc2cc([C@@H]3CCCCN3C(=O)[C@H]3CCOC3)[nH]n2c(=O)c1F. The summed E-state index contributed by atoms with van der Waals surface area (Å²) in [4.78, 5) is 31.0. The summed E-state index contributed by atoms with van der Waals surface area (Å²) in [6.07, 6.45) is 3.52. The molecule has 134 valence electrons. The van der Waals surface area contributed by atoms with E-state index in [0.717, 1.165) is 35.9 Å². The summed E-state index contributed by atoms with van der Waals surface area (Å²) in [5, 5.41) is 2.95. The number of hydrogen-bond donors (Lipinski definition) is 1. The molecule has 8 heteroatoms. The third-order valence-corrected chi connectivity index (χ3v) is 5.17. The summed E-state index contributed by atoms with van der Waals surface area (Å²) >= 11 is 0. The van der Waals surface area contributed by atoms with Crippen LogP contribution in [0.1, 0.15) is 43.1 Å². The van der Waals surface area contributed by atoms with Gasteiger partial charge < -0.3 is 9.64 Å². The molecule has 1 amide bonds. The Hall–Kier alpha value is -2.22. The van der Waals surface area contributed by atoms with Crippen LogP contribution in [0.25, 0.3) is 5.65 Å². The summed E-state index contributed by atoms with van der Waals surface area (Å²) < 4.78 is 20.3. The van der Waals surface area contributed by atoms with Crippen LogP contribution in [0.4, 0.5) is 4.39 Å². The largest absolute Gasteiger partial charge is 0.381 e. The highest BCUT2D eigenvalue weighted by Gasteiger charge is 2.35. The highest BCUT2D eigenvalue weighted by atomic mass is 19.1. The molecule has 4 rings (SSSR count). The molecular weight excluding hydrogens is 327 g/mol. The number of piperidine rings is 1. The van der Waals surface area contributed by atoms with Crippen molar-refractivity contribution in [3.63, 3.8) is 0 Å². The number of carbonyl (C=O) groups is 1. The van der Waals surface area contributed by atoms with Crippen molar-refractivity contribution in [2.75, 3.05) is 19.8 Å². The van der Waals surface area contributed by atoms with Crippen molar-refractivity contribution in [2.24, 2.45) is 5.92 Å². The van der Waals surface area contributed by atoms with Crippen molar-refractivity contribution in [1.82, 2.24) is 19.5 Å². The van der Waals surface area contributed by atoms with E-state index in [0.29, 0.717) is 25.4 Å². The summed E-state index contributed by atoms with van der Waals surface area (Å²) in [5.74, 6) is -0.848. The van der Waals surface area contributed by atoms with Crippen molar-refractivity contribution in [2.45, 2.75) is 38.6 Å². The minimum atomic E-state index is -0.856. The van der Waals surface area contributed by atoms with Gasteiger partial charge in [-0.05, 0) is 32.6 Å². The number of rotatable bonds is 2.